The summed E-state index contributed by atoms with van der Waals surface area (Å²) in [6, 6.07) is 16.8. The number of nitriles is 1. The molecule has 0 unspecified atom stereocenters. The first-order valence-electron chi connectivity index (χ1n) is 8.56. The van der Waals surface area contributed by atoms with Crippen molar-refractivity contribution in [2.75, 3.05) is 29.9 Å². The van der Waals surface area contributed by atoms with Gasteiger partial charge in [-0.1, -0.05) is 18.2 Å². The third-order valence-corrected chi connectivity index (χ3v) is 4.32. The fraction of sp³-hybridized carbons (Fsp3) is 0.250. The number of nitrogens with zero attached hydrogens (tertiary/aromatic N) is 2. The standard InChI is InChI=1S/C20H20N4O2/c21-12-15-7-9-17(10-8-15)22-13-19(25)23-14-20(26)24-11-3-5-16-4-1-2-6-18(16)24/h1-2,4,6-10,22H,3,5,11,13-14H2,(H,23,25). The van der Waals surface area contributed by atoms with Crippen LogP contribution in [0.4, 0.5) is 11.4 Å². The van der Waals surface area contributed by atoms with Gasteiger partial charge < -0.3 is 15.5 Å². The van der Waals surface area contributed by atoms with Gasteiger partial charge in [0.1, 0.15) is 0 Å². The molecule has 132 valence electrons. The van der Waals surface area contributed by atoms with Crippen molar-refractivity contribution in [2.45, 2.75) is 12.8 Å². The van der Waals surface area contributed by atoms with Gasteiger partial charge in [0, 0.05) is 17.9 Å². The molecule has 0 saturated carbocycles. The van der Waals surface area contributed by atoms with E-state index in [0.717, 1.165) is 24.2 Å². The number of para-hydroxylation sites is 1. The number of aryl methyl sites for hydroxylation is 1. The minimum absolute atomic E-state index is 0.0256. The maximum Gasteiger partial charge on any atom is 0.246 e. The van der Waals surface area contributed by atoms with Gasteiger partial charge in [0.25, 0.3) is 0 Å². The molecule has 6 nitrogen and oxygen atoms in total. The van der Waals surface area contributed by atoms with Gasteiger partial charge in [0.15, 0.2) is 0 Å². The van der Waals surface area contributed by atoms with Crippen LogP contribution in [-0.4, -0.2) is 31.4 Å². The Balaban J connectivity index is 1.48. The molecule has 0 fully saturated rings. The number of amides is 2. The summed E-state index contributed by atoms with van der Waals surface area (Å²) in [4.78, 5) is 26.2. The number of nitrogens with one attached hydrogen (secondary N) is 2. The smallest absolute Gasteiger partial charge is 0.246 e. The van der Waals surface area contributed by atoms with Crippen molar-refractivity contribution in [1.29, 1.82) is 5.26 Å². The highest BCUT2D eigenvalue weighted by Crippen LogP contribution is 2.26. The van der Waals surface area contributed by atoms with E-state index in [1.807, 2.05) is 30.3 Å². The van der Waals surface area contributed by atoms with Crippen molar-refractivity contribution in [1.82, 2.24) is 5.32 Å². The second kappa shape index (κ2) is 8.17. The Labute approximate surface area is 152 Å². The summed E-state index contributed by atoms with van der Waals surface area (Å²) in [6.07, 6.45) is 1.90. The molecule has 2 N–H and O–H groups in total. The van der Waals surface area contributed by atoms with Crippen molar-refractivity contribution in [3.63, 3.8) is 0 Å². The zero-order valence-corrected chi connectivity index (χ0v) is 14.4. The highest BCUT2D eigenvalue weighted by atomic mass is 16.2. The summed E-state index contributed by atoms with van der Waals surface area (Å²) in [6.45, 7) is 0.715. The lowest BCUT2D eigenvalue weighted by Gasteiger charge is -2.29. The van der Waals surface area contributed by atoms with Crippen LogP contribution >= 0.6 is 0 Å². The first-order valence-corrected chi connectivity index (χ1v) is 8.56. The van der Waals surface area contributed by atoms with Crippen LogP contribution in [0.1, 0.15) is 17.5 Å². The molecule has 0 spiro atoms. The summed E-state index contributed by atoms with van der Waals surface area (Å²) in [5, 5.41) is 14.4. The van der Waals surface area contributed by atoms with Crippen LogP contribution < -0.4 is 15.5 Å². The third-order valence-electron chi connectivity index (χ3n) is 4.32. The largest absolute Gasteiger partial charge is 0.376 e. The molecule has 6 heteroatoms. The SMILES string of the molecule is N#Cc1ccc(NCC(=O)NCC(=O)N2CCCc3ccccc32)cc1. The monoisotopic (exact) mass is 348 g/mol. The second-order valence-electron chi connectivity index (χ2n) is 6.10. The van der Waals surface area contributed by atoms with Gasteiger partial charge >= 0.3 is 0 Å². The first kappa shape index (κ1) is 17.5. The minimum Gasteiger partial charge on any atom is -0.376 e. The summed E-state index contributed by atoms with van der Waals surface area (Å²) < 4.78 is 0. The quantitative estimate of drug-likeness (QED) is 0.866. The van der Waals surface area contributed by atoms with Gasteiger partial charge in [-0.15, -0.1) is 0 Å². The topological polar surface area (TPSA) is 85.2 Å². The summed E-state index contributed by atoms with van der Waals surface area (Å²) in [5.41, 5.74) is 3.41. The predicted octanol–water partition coefficient (Wildman–Crippen LogP) is 2.07. The van der Waals surface area contributed by atoms with E-state index in [0.29, 0.717) is 12.1 Å². The number of hydrogen-bond donors (Lipinski definition) is 2. The Bertz CT molecular complexity index is 840. The van der Waals surface area contributed by atoms with Gasteiger partial charge in [-0.2, -0.15) is 5.26 Å². The highest BCUT2D eigenvalue weighted by Gasteiger charge is 2.22. The summed E-state index contributed by atoms with van der Waals surface area (Å²) in [5.74, 6) is -0.364. The lowest BCUT2D eigenvalue weighted by atomic mass is 10.0. The Kier molecular flexibility index (Phi) is 5.49. The second-order valence-corrected chi connectivity index (χ2v) is 6.10. The zero-order chi connectivity index (χ0) is 18.4. The van der Waals surface area contributed by atoms with E-state index in [-0.39, 0.29) is 24.9 Å². The van der Waals surface area contributed by atoms with E-state index in [1.165, 1.54) is 5.56 Å². The summed E-state index contributed by atoms with van der Waals surface area (Å²) >= 11 is 0. The van der Waals surface area contributed by atoms with Crippen LogP contribution in [0.15, 0.2) is 48.5 Å². The molecule has 2 aromatic rings. The van der Waals surface area contributed by atoms with Crippen LogP contribution in [0.2, 0.25) is 0 Å². The summed E-state index contributed by atoms with van der Waals surface area (Å²) in [7, 11) is 0. The number of carbonyl (C=O) groups excluding carboxylic acids is 2. The number of fused-ring (bicyclic) bond motifs is 1. The van der Waals surface area contributed by atoms with Crippen LogP contribution in [0.3, 0.4) is 0 Å². The zero-order valence-electron chi connectivity index (χ0n) is 14.4. The Morgan fingerprint density at radius 1 is 1.08 bits per heavy atom. The van der Waals surface area contributed by atoms with Gasteiger partial charge in [0.2, 0.25) is 11.8 Å². The number of hydrogen-bond acceptors (Lipinski definition) is 4. The molecule has 0 aromatic heterocycles. The van der Waals surface area contributed by atoms with Gasteiger partial charge in [-0.05, 0) is 48.7 Å². The van der Waals surface area contributed by atoms with E-state index in [4.69, 9.17) is 5.26 Å². The molecule has 0 bridgehead atoms. The highest BCUT2D eigenvalue weighted by molar-refractivity contribution is 5.98. The molecule has 0 atom stereocenters. The Morgan fingerprint density at radius 3 is 2.62 bits per heavy atom. The van der Waals surface area contributed by atoms with Crippen LogP contribution in [0, 0.1) is 11.3 Å². The molecular weight excluding hydrogens is 328 g/mol. The van der Waals surface area contributed by atoms with Crippen molar-refractivity contribution in [3.05, 3.63) is 59.7 Å². The fourth-order valence-corrected chi connectivity index (χ4v) is 2.97. The number of benzene rings is 2. The molecule has 1 aliphatic heterocycles. The lowest BCUT2D eigenvalue weighted by Crippen LogP contribution is -2.43. The molecule has 3 rings (SSSR count). The molecule has 2 aromatic carbocycles. The molecule has 0 aliphatic carbocycles. The van der Waals surface area contributed by atoms with Crippen LogP contribution in [0.5, 0.6) is 0 Å². The van der Waals surface area contributed by atoms with E-state index in [1.54, 1.807) is 29.2 Å². The molecular formula is C20H20N4O2. The lowest BCUT2D eigenvalue weighted by molar-refractivity contribution is -0.123. The molecule has 0 saturated heterocycles. The number of carbonyl (C=O) groups is 2. The third kappa shape index (κ3) is 4.19. The fourth-order valence-electron chi connectivity index (χ4n) is 2.97. The average molecular weight is 348 g/mol. The molecule has 1 heterocycles. The van der Waals surface area contributed by atoms with Crippen molar-refractivity contribution < 1.29 is 9.59 Å². The van der Waals surface area contributed by atoms with Crippen LogP contribution in [-0.2, 0) is 16.0 Å². The van der Waals surface area contributed by atoms with Gasteiger partial charge in [0.05, 0.1) is 24.7 Å². The van der Waals surface area contributed by atoms with Crippen LogP contribution in [0.25, 0.3) is 0 Å². The van der Waals surface area contributed by atoms with E-state index >= 15 is 0 Å². The number of anilines is 2. The normalized spacial score (nSPS) is 12.7. The van der Waals surface area contributed by atoms with Crippen molar-refractivity contribution in [2.24, 2.45) is 0 Å². The average Bonchev–Trinajstić information content (AvgIpc) is 2.70. The molecule has 1 aliphatic rings. The van der Waals surface area contributed by atoms with Gasteiger partial charge in [-0.25, -0.2) is 0 Å². The van der Waals surface area contributed by atoms with Gasteiger partial charge in [-0.3, -0.25) is 9.59 Å². The van der Waals surface area contributed by atoms with E-state index in [9.17, 15) is 9.59 Å². The molecule has 0 radical (unpaired) electrons. The molecule has 2 amide bonds. The molecule has 26 heavy (non-hydrogen) atoms. The predicted molar refractivity (Wildman–Crippen MR) is 99.8 cm³/mol. The maximum atomic E-state index is 12.5. The van der Waals surface area contributed by atoms with E-state index < -0.39 is 0 Å². The number of rotatable bonds is 5. The minimum atomic E-state index is -0.256. The van der Waals surface area contributed by atoms with Crippen molar-refractivity contribution in [3.8, 4) is 6.07 Å². The first-order chi connectivity index (χ1) is 12.7. The maximum absolute atomic E-state index is 12.5. The Hall–Kier alpha value is -3.33. The Morgan fingerprint density at radius 2 is 1.85 bits per heavy atom. The van der Waals surface area contributed by atoms with E-state index in [2.05, 4.69) is 10.6 Å². The van der Waals surface area contributed by atoms with Crippen molar-refractivity contribution >= 4 is 23.2 Å².